The van der Waals surface area contributed by atoms with E-state index in [-0.39, 0.29) is 17.8 Å². The smallest absolute Gasteiger partial charge is 0.315 e. The number of carbonyl (C=O) groups excluding carboxylic acids is 1. The number of carbonyl (C=O) groups is 1. The predicted molar refractivity (Wildman–Crippen MR) is 97.3 cm³/mol. The zero-order valence-corrected chi connectivity index (χ0v) is 15.6. The molecule has 1 aliphatic carbocycles. The molecular formula is C19H19F2N5O3. The summed E-state index contributed by atoms with van der Waals surface area (Å²) in [7, 11) is 1.61. The lowest BCUT2D eigenvalue weighted by atomic mass is 10.0. The number of ether oxygens (including phenoxy) is 1. The van der Waals surface area contributed by atoms with E-state index in [0.29, 0.717) is 24.3 Å². The first kappa shape index (κ1) is 19.2. The van der Waals surface area contributed by atoms with Crippen molar-refractivity contribution >= 4 is 5.91 Å². The molecule has 29 heavy (non-hydrogen) atoms. The molecular weight excluding hydrogens is 384 g/mol. The molecule has 0 unspecified atom stereocenters. The van der Waals surface area contributed by atoms with Crippen LogP contribution in [-0.2, 0) is 17.7 Å². The Morgan fingerprint density at radius 1 is 1.45 bits per heavy atom. The van der Waals surface area contributed by atoms with Gasteiger partial charge in [-0.25, -0.2) is 0 Å². The van der Waals surface area contributed by atoms with E-state index in [1.54, 1.807) is 24.1 Å². The molecule has 0 aliphatic heterocycles. The Kier molecular flexibility index (Phi) is 5.34. The average molecular weight is 403 g/mol. The highest BCUT2D eigenvalue weighted by atomic mass is 19.3. The highest BCUT2D eigenvalue weighted by Gasteiger charge is 2.26. The van der Waals surface area contributed by atoms with E-state index in [4.69, 9.17) is 4.74 Å². The summed E-state index contributed by atoms with van der Waals surface area (Å²) in [6.45, 7) is 1.09. The summed E-state index contributed by atoms with van der Waals surface area (Å²) in [5.74, 6) is -0.772. The third kappa shape index (κ3) is 4.02. The normalized spacial score (nSPS) is 15.7. The van der Waals surface area contributed by atoms with Crippen molar-refractivity contribution in [2.45, 2.75) is 31.9 Å². The molecule has 0 spiro atoms. The third-order valence-corrected chi connectivity index (χ3v) is 4.83. The van der Waals surface area contributed by atoms with Gasteiger partial charge in [-0.1, -0.05) is 17.3 Å². The summed E-state index contributed by atoms with van der Waals surface area (Å²) in [6.07, 6.45) is 1.91. The van der Waals surface area contributed by atoms with Gasteiger partial charge in [0.1, 0.15) is 0 Å². The van der Waals surface area contributed by atoms with Gasteiger partial charge in [-0.05, 0) is 30.0 Å². The molecule has 1 amide bonds. The Balaban J connectivity index is 1.46. The van der Waals surface area contributed by atoms with Crippen LogP contribution in [0.2, 0.25) is 0 Å². The first-order valence-electron chi connectivity index (χ1n) is 9.12. The number of hydrogen-bond acceptors (Lipinski definition) is 6. The summed E-state index contributed by atoms with van der Waals surface area (Å²) in [6, 6.07) is 5.33. The van der Waals surface area contributed by atoms with Gasteiger partial charge in [0.15, 0.2) is 0 Å². The molecule has 152 valence electrons. The van der Waals surface area contributed by atoms with E-state index < -0.39 is 12.3 Å². The van der Waals surface area contributed by atoms with Crippen LogP contribution in [0.15, 0.2) is 35.1 Å². The van der Waals surface area contributed by atoms with Gasteiger partial charge in [-0.2, -0.15) is 18.9 Å². The second-order valence-corrected chi connectivity index (χ2v) is 6.72. The van der Waals surface area contributed by atoms with Crippen molar-refractivity contribution in [2.24, 2.45) is 0 Å². The van der Waals surface area contributed by atoms with Gasteiger partial charge in [0, 0.05) is 18.9 Å². The third-order valence-electron chi connectivity index (χ3n) is 4.83. The molecule has 0 saturated heterocycles. The lowest BCUT2D eigenvalue weighted by molar-refractivity contribution is 0.0936. The van der Waals surface area contributed by atoms with Crippen LogP contribution in [0.25, 0.3) is 11.4 Å². The lowest BCUT2D eigenvalue weighted by Gasteiger charge is -2.13. The highest BCUT2D eigenvalue weighted by Crippen LogP contribution is 2.34. The Morgan fingerprint density at radius 2 is 2.31 bits per heavy atom. The first-order valence-corrected chi connectivity index (χ1v) is 9.12. The molecule has 2 heterocycles. The number of aromatic nitrogens is 4. The van der Waals surface area contributed by atoms with Gasteiger partial charge in [-0.3, -0.25) is 9.48 Å². The molecule has 10 heteroatoms. The fourth-order valence-corrected chi connectivity index (χ4v) is 3.38. The van der Waals surface area contributed by atoms with Crippen LogP contribution in [0.1, 0.15) is 46.3 Å². The van der Waals surface area contributed by atoms with Crippen LogP contribution in [0, 0.1) is 0 Å². The standard InChI is InChI=1S/C19H19F2N5O3/c1-28-7-6-26-10-13(9-22-26)18(27)23-15-5-3-11-8-12(2-4-14(11)15)17-24-19(16(20)21)29-25-17/h2,4,8-10,15-16H,3,5-7H2,1H3,(H,23,27)/t15-/m1/s1. The Bertz CT molecular complexity index is 1020. The molecule has 0 fully saturated rings. The molecule has 0 radical (unpaired) electrons. The Morgan fingerprint density at radius 3 is 3.07 bits per heavy atom. The molecule has 1 aliphatic rings. The Labute approximate surface area is 164 Å². The minimum Gasteiger partial charge on any atom is -0.383 e. The fourth-order valence-electron chi connectivity index (χ4n) is 3.38. The number of rotatable bonds is 7. The first-order chi connectivity index (χ1) is 14.0. The summed E-state index contributed by atoms with van der Waals surface area (Å²) in [5, 5.41) is 10.8. The molecule has 1 aromatic carbocycles. The summed E-state index contributed by atoms with van der Waals surface area (Å²) < 4.78 is 36.5. The topological polar surface area (TPSA) is 95.1 Å². The van der Waals surface area contributed by atoms with Crippen LogP contribution in [0.4, 0.5) is 8.78 Å². The molecule has 0 bridgehead atoms. The number of hydrogen-bond donors (Lipinski definition) is 1. The Hall–Kier alpha value is -3.14. The predicted octanol–water partition coefficient (Wildman–Crippen LogP) is 2.93. The quantitative estimate of drug-likeness (QED) is 0.652. The summed E-state index contributed by atoms with van der Waals surface area (Å²) in [5.41, 5.74) is 3.10. The van der Waals surface area contributed by atoms with Crippen molar-refractivity contribution < 1.29 is 22.8 Å². The van der Waals surface area contributed by atoms with Crippen LogP contribution < -0.4 is 5.32 Å². The van der Waals surface area contributed by atoms with E-state index in [0.717, 1.165) is 24.0 Å². The van der Waals surface area contributed by atoms with Crippen molar-refractivity contribution in [3.63, 3.8) is 0 Å². The summed E-state index contributed by atoms with van der Waals surface area (Å²) >= 11 is 0. The number of nitrogens with one attached hydrogen (secondary N) is 1. The van der Waals surface area contributed by atoms with Gasteiger partial charge in [-0.15, -0.1) is 0 Å². The molecule has 1 atom stereocenters. The number of methoxy groups -OCH3 is 1. The van der Waals surface area contributed by atoms with Crippen molar-refractivity contribution in [3.8, 4) is 11.4 Å². The number of aryl methyl sites for hydroxylation is 1. The van der Waals surface area contributed by atoms with Gasteiger partial charge in [0.2, 0.25) is 5.82 Å². The van der Waals surface area contributed by atoms with Crippen LogP contribution in [-0.4, -0.2) is 39.5 Å². The maximum Gasteiger partial charge on any atom is 0.315 e. The van der Waals surface area contributed by atoms with E-state index >= 15 is 0 Å². The van der Waals surface area contributed by atoms with Gasteiger partial charge in [0.05, 0.1) is 31.0 Å². The number of fused-ring (bicyclic) bond motifs is 1. The van der Waals surface area contributed by atoms with Gasteiger partial charge in [0.25, 0.3) is 11.8 Å². The van der Waals surface area contributed by atoms with Gasteiger partial charge >= 0.3 is 6.43 Å². The fraction of sp³-hybridized carbons (Fsp3) is 0.368. The summed E-state index contributed by atoms with van der Waals surface area (Å²) in [4.78, 5) is 16.3. The van der Waals surface area contributed by atoms with Crippen molar-refractivity contribution in [3.05, 3.63) is 53.2 Å². The monoisotopic (exact) mass is 403 g/mol. The SMILES string of the molecule is COCCn1cc(C(=O)N[C@@H]2CCc3cc(-c4noc(C(F)F)n4)ccc32)cn1. The molecule has 8 nitrogen and oxygen atoms in total. The molecule has 4 rings (SSSR count). The number of benzene rings is 1. The van der Waals surface area contributed by atoms with E-state index in [9.17, 15) is 13.6 Å². The number of nitrogens with zero attached hydrogens (tertiary/aromatic N) is 4. The van der Waals surface area contributed by atoms with E-state index in [2.05, 4.69) is 25.1 Å². The van der Waals surface area contributed by atoms with E-state index in [1.807, 2.05) is 12.1 Å². The van der Waals surface area contributed by atoms with E-state index in [1.165, 1.54) is 6.20 Å². The largest absolute Gasteiger partial charge is 0.383 e. The zero-order chi connectivity index (χ0) is 20.4. The minimum absolute atomic E-state index is 0.124. The number of alkyl halides is 2. The lowest BCUT2D eigenvalue weighted by Crippen LogP contribution is -2.26. The van der Waals surface area contributed by atoms with Crippen molar-refractivity contribution in [2.75, 3.05) is 13.7 Å². The minimum atomic E-state index is -2.80. The molecule has 3 aromatic rings. The molecule has 0 saturated carbocycles. The number of amides is 1. The second kappa shape index (κ2) is 8.08. The molecule has 1 N–H and O–H groups in total. The number of halogens is 2. The molecule has 2 aromatic heterocycles. The maximum absolute atomic E-state index is 12.6. The van der Waals surface area contributed by atoms with Crippen LogP contribution in [0.3, 0.4) is 0 Å². The second-order valence-electron chi connectivity index (χ2n) is 6.72. The van der Waals surface area contributed by atoms with Crippen LogP contribution >= 0.6 is 0 Å². The maximum atomic E-state index is 12.6. The van der Waals surface area contributed by atoms with Crippen molar-refractivity contribution in [1.29, 1.82) is 0 Å². The zero-order valence-electron chi connectivity index (χ0n) is 15.6. The van der Waals surface area contributed by atoms with Gasteiger partial charge < -0.3 is 14.6 Å². The van der Waals surface area contributed by atoms with Crippen molar-refractivity contribution in [1.82, 2.24) is 25.2 Å². The highest BCUT2D eigenvalue weighted by molar-refractivity contribution is 5.94. The van der Waals surface area contributed by atoms with Crippen LogP contribution in [0.5, 0.6) is 0 Å². The average Bonchev–Trinajstić information content (AvgIpc) is 3.45.